The molecule has 0 atom stereocenters. The van der Waals surface area contributed by atoms with Crippen molar-refractivity contribution in [2.45, 2.75) is 13.1 Å². The molecule has 0 fully saturated rings. The molecule has 0 aromatic heterocycles. The van der Waals surface area contributed by atoms with Gasteiger partial charge in [0, 0.05) is 0 Å². The highest BCUT2D eigenvalue weighted by atomic mass is 19.4. The number of rotatable bonds is 3. The van der Waals surface area contributed by atoms with Crippen molar-refractivity contribution in [3.8, 4) is 0 Å². The van der Waals surface area contributed by atoms with E-state index in [0.29, 0.717) is 5.56 Å². The maximum atomic E-state index is 12.7. The maximum absolute atomic E-state index is 12.7. The van der Waals surface area contributed by atoms with Crippen molar-refractivity contribution in [3.63, 3.8) is 0 Å². The third kappa shape index (κ3) is 3.31. The van der Waals surface area contributed by atoms with Crippen molar-refractivity contribution in [2.75, 3.05) is 0 Å². The van der Waals surface area contributed by atoms with Crippen molar-refractivity contribution < 1.29 is 13.2 Å². The topological polar surface area (TPSA) is 12.4 Å². The molecule has 0 spiro atoms. The van der Waals surface area contributed by atoms with Crippen LogP contribution in [0.15, 0.2) is 54.1 Å². The highest BCUT2D eigenvalue weighted by molar-refractivity contribution is 6.07. The molecular weight excluding hydrogens is 227 g/mol. The Kier molecular flexibility index (Phi) is 3.89. The van der Waals surface area contributed by atoms with E-state index in [-0.39, 0.29) is 11.3 Å². The predicted octanol–water partition coefficient (Wildman–Crippen LogP) is 4.37. The Morgan fingerprint density at radius 2 is 1.88 bits per heavy atom. The van der Waals surface area contributed by atoms with Crippen LogP contribution in [0, 0.1) is 6.92 Å². The van der Waals surface area contributed by atoms with Gasteiger partial charge in [0.05, 0.1) is 5.69 Å². The van der Waals surface area contributed by atoms with Crippen molar-refractivity contribution in [1.82, 2.24) is 0 Å². The number of nitrogens with zero attached hydrogens (tertiary/aromatic N) is 1. The SMILES string of the molecule is C=CC(=C)C(=Nc1ccccc1C)C(F)(F)F. The fourth-order valence-electron chi connectivity index (χ4n) is 1.22. The fourth-order valence-corrected chi connectivity index (χ4v) is 1.22. The number of benzene rings is 1. The number of halogens is 3. The van der Waals surface area contributed by atoms with Gasteiger partial charge in [0.25, 0.3) is 0 Å². The van der Waals surface area contributed by atoms with Crippen molar-refractivity contribution in [2.24, 2.45) is 4.99 Å². The Hall–Kier alpha value is -1.84. The lowest BCUT2D eigenvalue weighted by Gasteiger charge is -2.11. The average molecular weight is 239 g/mol. The lowest BCUT2D eigenvalue weighted by Crippen LogP contribution is -2.23. The van der Waals surface area contributed by atoms with E-state index in [1.807, 2.05) is 0 Å². The van der Waals surface area contributed by atoms with E-state index in [9.17, 15) is 13.2 Å². The molecule has 0 aliphatic carbocycles. The van der Waals surface area contributed by atoms with Crippen LogP contribution in [0.5, 0.6) is 0 Å². The van der Waals surface area contributed by atoms with Crippen LogP contribution >= 0.6 is 0 Å². The molecule has 0 unspecified atom stereocenters. The molecular formula is C13H12F3N. The molecule has 0 bridgehead atoms. The Morgan fingerprint density at radius 3 is 2.35 bits per heavy atom. The smallest absolute Gasteiger partial charge is 0.243 e. The zero-order valence-corrected chi connectivity index (χ0v) is 9.38. The average Bonchev–Trinajstić information content (AvgIpc) is 2.25. The standard InChI is InChI=1S/C13H12F3N/c1-4-9(2)12(13(14,15)16)17-11-8-6-5-7-10(11)3/h4-8H,1-2H2,3H3. The highest BCUT2D eigenvalue weighted by Crippen LogP contribution is 2.27. The largest absolute Gasteiger partial charge is 0.433 e. The predicted molar refractivity (Wildman–Crippen MR) is 63.7 cm³/mol. The summed E-state index contributed by atoms with van der Waals surface area (Å²) in [6, 6.07) is 6.60. The van der Waals surface area contributed by atoms with Gasteiger partial charge in [-0.3, -0.25) is 0 Å². The van der Waals surface area contributed by atoms with Gasteiger partial charge in [-0.1, -0.05) is 37.4 Å². The number of aliphatic imine (C=N–C) groups is 1. The molecule has 0 aliphatic heterocycles. The molecule has 17 heavy (non-hydrogen) atoms. The van der Waals surface area contributed by atoms with E-state index in [2.05, 4.69) is 18.2 Å². The van der Waals surface area contributed by atoms with Gasteiger partial charge >= 0.3 is 6.18 Å². The van der Waals surface area contributed by atoms with E-state index in [1.165, 1.54) is 6.07 Å². The molecule has 0 heterocycles. The third-order valence-electron chi connectivity index (χ3n) is 2.17. The Labute approximate surface area is 98.0 Å². The molecule has 0 saturated heterocycles. The summed E-state index contributed by atoms with van der Waals surface area (Å²) in [5.74, 6) is 0. The van der Waals surface area contributed by atoms with Crippen LogP contribution in [0.4, 0.5) is 18.9 Å². The van der Waals surface area contributed by atoms with Crippen molar-refractivity contribution in [3.05, 3.63) is 54.6 Å². The van der Waals surface area contributed by atoms with Crippen molar-refractivity contribution >= 4 is 11.4 Å². The van der Waals surface area contributed by atoms with Crippen LogP contribution in [-0.2, 0) is 0 Å². The van der Waals surface area contributed by atoms with E-state index in [4.69, 9.17) is 0 Å². The first kappa shape index (κ1) is 13.2. The van der Waals surface area contributed by atoms with Gasteiger partial charge in [-0.2, -0.15) is 13.2 Å². The molecule has 4 heteroatoms. The minimum atomic E-state index is -4.53. The van der Waals surface area contributed by atoms with Crippen LogP contribution in [0.1, 0.15) is 5.56 Å². The summed E-state index contributed by atoms with van der Waals surface area (Å²) in [5, 5.41) is 0. The zero-order valence-electron chi connectivity index (χ0n) is 9.38. The van der Waals surface area contributed by atoms with Crippen LogP contribution < -0.4 is 0 Å². The highest BCUT2D eigenvalue weighted by Gasteiger charge is 2.36. The van der Waals surface area contributed by atoms with Gasteiger partial charge in [0.15, 0.2) is 5.71 Å². The first-order valence-corrected chi connectivity index (χ1v) is 4.89. The number of aryl methyl sites for hydroxylation is 1. The molecule has 90 valence electrons. The second-order valence-electron chi connectivity index (χ2n) is 3.47. The molecule has 0 radical (unpaired) electrons. The van der Waals surface area contributed by atoms with Gasteiger partial charge in [-0.05, 0) is 24.1 Å². The summed E-state index contributed by atoms with van der Waals surface area (Å²) >= 11 is 0. The normalized spacial score (nSPS) is 12.4. The van der Waals surface area contributed by atoms with Gasteiger partial charge in [-0.25, -0.2) is 4.99 Å². The maximum Gasteiger partial charge on any atom is 0.433 e. The summed E-state index contributed by atoms with van der Waals surface area (Å²) in [6.45, 7) is 8.27. The molecule has 1 aromatic rings. The first-order chi connectivity index (χ1) is 7.86. The molecule has 1 nitrogen and oxygen atoms in total. The number of allylic oxidation sites excluding steroid dienone is 2. The van der Waals surface area contributed by atoms with E-state index in [1.54, 1.807) is 25.1 Å². The summed E-state index contributed by atoms with van der Waals surface area (Å²) in [6.07, 6.45) is -3.49. The summed E-state index contributed by atoms with van der Waals surface area (Å²) in [7, 11) is 0. The van der Waals surface area contributed by atoms with Crippen LogP contribution in [0.3, 0.4) is 0 Å². The minimum absolute atomic E-state index is 0.235. The van der Waals surface area contributed by atoms with Gasteiger partial charge in [0.1, 0.15) is 0 Å². The second kappa shape index (κ2) is 4.99. The third-order valence-corrected chi connectivity index (χ3v) is 2.17. The summed E-state index contributed by atoms with van der Waals surface area (Å²) < 4.78 is 38.2. The van der Waals surface area contributed by atoms with Crippen LogP contribution in [0.2, 0.25) is 0 Å². The Bertz CT molecular complexity index is 470. The molecule has 0 amide bonds. The molecule has 0 saturated carbocycles. The number of hydrogen-bond donors (Lipinski definition) is 0. The zero-order chi connectivity index (χ0) is 13.1. The van der Waals surface area contributed by atoms with E-state index in [0.717, 1.165) is 6.08 Å². The van der Waals surface area contributed by atoms with Gasteiger partial charge in [0.2, 0.25) is 0 Å². The van der Waals surface area contributed by atoms with E-state index >= 15 is 0 Å². The van der Waals surface area contributed by atoms with Gasteiger partial charge in [-0.15, -0.1) is 0 Å². The minimum Gasteiger partial charge on any atom is -0.243 e. The summed E-state index contributed by atoms with van der Waals surface area (Å²) in [5.41, 5.74) is -0.295. The summed E-state index contributed by atoms with van der Waals surface area (Å²) in [4.78, 5) is 3.62. The molecule has 1 aromatic carbocycles. The Balaban J connectivity index is 3.29. The number of alkyl halides is 3. The Morgan fingerprint density at radius 1 is 1.29 bits per heavy atom. The van der Waals surface area contributed by atoms with Crippen LogP contribution in [-0.4, -0.2) is 11.9 Å². The molecule has 0 N–H and O–H groups in total. The number of hydrogen-bond acceptors (Lipinski definition) is 1. The second-order valence-corrected chi connectivity index (χ2v) is 3.47. The quantitative estimate of drug-likeness (QED) is 0.548. The van der Waals surface area contributed by atoms with Crippen LogP contribution in [0.25, 0.3) is 0 Å². The first-order valence-electron chi connectivity index (χ1n) is 4.89. The molecule has 0 aliphatic rings. The fraction of sp³-hybridized carbons (Fsp3) is 0.154. The lowest BCUT2D eigenvalue weighted by atomic mass is 10.1. The van der Waals surface area contributed by atoms with Gasteiger partial charge < -0.3 is 0 Å². The monoisotopic (exact) mass is 239 g/mol. The van der Waals surface area contributed by atoms with Crippen molar-refractivity contribution in [1.29, 1.82) is 0 Å². The molecule has 1 rings (SSSR count). The lowest BCUT2D eigenvalue weighted by molar-refractivity contribution is -0.0580. The number of para-hydroxylation sites is 1. The van der Waals surface area contributed by atoms with E-state index < -0.39 is 11.9 Å².